The highest BCUT2D eigenvalue weighted by Gasteiger charge is 2.21. The fraction of sp³-hybridized carbons (Fsp3) is 0.400. The van der Waals surface area contributed by atoms with E-state index in [1.54, 1.807) is 19.0 Å². The average Bonchev–Trinajstić information content (AvgIpc) is 2.52. The van der Waals surface area contributed by atoms with E-state index in [0.717, 1.165) is 12.1 Å². The van der Waals surface area contributed by atoms with Crippen LogP contribution >= 0.6 is 0 Å². The van der Waals surface area contributed by atoms with Crippen molar-refractivity contribution in [3.8, 4) is 0 Å². The van der Waals surface area contributed by atoms with Gasteiger partial charge in [-0.15, -0.1) is 0 Å². The third-order valence-corrected chi connectivity index (χ3v) is 4.25. The van der Waals surface area contributed by atoms with Gasteiger partial charge in [-0.1, -0.05) is 12.1 Å². The molecular weight excluding hydrogens is 300 g/mol. The maximum absolute atomic E-state index is 12.2. The predicted molar refractivity (Wildman–Crippen MR) is 98.2 cm³/mol. The first-order valence-corrected chi connectivity index (χ1v) is 8.37. The molecule has 1 aromatic carbocycles. The summed E-state index contributed by atoms with van der Waals surface area (Å²) in [5.74, 6) is -0.192. The molecule has 0 saturated carbocycles. The lowest BCUT2D eigenvalue weighted by molar-refractivity contribution is -0.116. The number of benzene rings is 1. The van der Waals surface area contributed by atoms with Crippen LogP contribution in [0.4, 0.5) is 5.69 Å². The Labute approximate surface area is 144 Å². The van der Waals surface area contributed by atoms with Crippen molar-refractivity contribution < 1.29 is 9.59 Å². The zero-order valence-corrected chi connectivity index (χ0v) is 15.2. The number of nitrogens with zero attached hydrogens (tertiary/aromatic N) is 2. The summed E-state index contributed by atoms with van der Waals surface area (Å²) in [5, 5.41) is 0. The maximum Gasteiger partial charge on any atom is 0.202 e. The molecule has 4 nitrogen and oxygen atoms in total. The molecule has 0 N–H and O–H groups in total. The Hall–Kier alpha value is -2.36. The van der Waals surface area contributed by atoms with Crippen molar-refractivity contribution in [1.82, 2.24) is 4.90 Å². The van der Waals surface area contributed by atoms with Crippen molar-refractivity contribution in [2.75, 3.05) is 25.5 Å². The molecule has 0 saturated heterocycles. The molecule has 0 aliphatic heterocycles. The Balaban J connectivity index is 2.14. The maximum atomic E-state index is 12.2. The lowest BCUT2D eigenvalue weighted by Crippen LogP contribution is -2.30. The van der Waals surface area contributed by atoms with E-state index in [-0.39, 0.29) is 11.6 Å². The molecule has 1 aromatic rings. The van der Waals surface area contributed by atoms with Crippen LogP contribution < -0.4 is 4.90 Å². The van der Waals surface area contributed by atoms with E-state index >= 15 is 0 Å². The molecule has 0 amide bonds. The summed E-state index contributed by atoms with van der Waals surface area (Å²) in [5.41, 5.74) is 3.20. The van der Waals surface area contributed by atoms with Crippen LogP contribution in [0.15, 0.2) is 47.7 Å². The van der Waals surface area contributed by atoms with Gasteiger partial charge in [-0.2, -0.15) is 0 Å². The molecule has 0 radical (unpaired) electrons. The van der Waals surface area contributed by atoms with Gasteiger partial charge in [0.05, 0.1) is 5.70 Å². The molecule has 0 aromatic heterocycles. The van der Waals surface area contributed by atoms with E-state index in [4.69, 9.17) is 0 Å². The molecule has 0 spiro atoms. The molecule has 2 rings (SSSR count). The Bertz CT molecular complexity index is 682. The molecule has 128 valence electrons. The summed E-state index contributed by atoms with van der Waals surface area (Å²) in [4.78, 5) is 28.3. The second-order valence-corrected chi connectivity index (χ2v) is 6.55. The Morgan fingerprint density at radius 1 is 0.958 bits per heavy atom. The van der Waals surface area contributed by atoms with Gasteiger partial charge in [0.2, 0.25) is 5.78 Å². The largest absolute Gasteiger partial charge is 0.374 e. The summed E-state index contributed by atoms with van der Waals surface area (Å²) < 4.78 is 0. The second kappa shape index (κ2) is 7.47. The van der Waals surface area contributed by atoms with Crippen LogP contribution in [0, 0.1) is 0 Å². The number of hydrogen-bond acceptors (Lipinski definition) is 4. The zero-order chi connectivity index (χ0) is 17.9. The minimum atomic E-state index is -0.108. The number of anilines is 1. The standard InChI is InChI=1S/C20H26N2O2/c1-6-22(14(2)3)17-9-7-15(8-10-17)11-16-12-20(24)18(21(4)5)13-19(16)23/h7-10,12-14H,6,11H2,1-5H3. The number of hydrogen-bond donors (Lipinski definition) is 0. The van der Waals surface area contributed by atoms with Crippen molar-refractivity contribution in [2.24, 2.45) is 0 Å². The van der Waals surface area contributed by atoms with Gasteiger partial charge >= 0.3 is 0 Å². The van der Waals surface area contributed by atoms with Gasteiger partial charge in [-0.05, 0) is 44.5 Å². The van der Waals surface area contributed by atoms with Gasteiger partial charge in [0.1, 0.15) is 0 Å². The summed E-state index contributed by atoms with van der Waals surface area (Å²) >= 11 is 0. The summed E-state index contributed by atoms with van der Waals surface area (Å²) in [7, 11) is 3.53. The van der Waals surface area contributed by atoms with E-state index in [2.05, 4.69) is 37.8 Å². The molecule has 0 bridgehead atoms. The van der Waals surface area contributed by atoms with Crippen molar-refractivity contribution in [3.63, 3.8) is 0 Å². The number of carbonyl (C=O) groups is 2. The van der Waals surface area contributed by atoms with Gasteiger partial charge in [0.15, 0.2) is 5.78 Å². The van der Waals surface area contributed by atoms with Crippen LogP contribution in [0.1, 0.15) is 26.3 Å². The predicted octanol–water partition coefficient (Wildman–Crippen LogP) is 2.99. The minimum absolute atomic E-state index is 0.0836. The molecule has 1 aliphatic carbocycles. The molecule has 24 heavy (non-hydrogen) atoms. The van der Waals surface area contributed by atoms with Crippen LogP contribution in [-0.2, 0) is 16.0 Å². The molecule has 0 unspecified atom stereocenters. The van der Waals surface area contributed by atoms with Gasteiger partial charge in [-0.25, -0.2) is 0 Å². The van der Waals surface area contributed by atoms with Gasteiger partial charge in [-0.3, -0.25) is 9.59 Å². The molecule has 1 aliphatic rings. The van der Waals surface area contributed by atoms with Crippen molar-refractivity contribution >= 4 is 17.3 Å². The van der Waals surface area contributed by atoms with E-state index in [1.165, 1.54) is 17.8 Å². The van der Waals surface area contributed by atoms with E-state index in [9.17, 15) is 9.59 Å². The normalized spacial score (nSPS) is 14.6. The number of ketones is 2. The van der Waals surface area contributed by atoms with Gasteiger partial charge in [0.25, 0.3) is 0 Å². The minimum Gasteiger partial charge on any atom is -0.374 e. The number of rotatable bonds is 6. The Morgan fingerprint density at radius 2 is 1.58 bits per heavy atom. The quantitative estimate of drug-likeness (QED) is 0.754. The second-order valence-electron chi connectivity index (χ2n) is 6.55. The van der Waals surface area contributed by atoms with Crippen LogP contribution in [0.25, 0.3) is 0 Å². The summed E-state index contributed by atoms with van der Waals surface area (Å²) in [6.45, 7) is 7.43. The smallest absolute Gasteiger partial charge is 0.202 e. The fourth-order valence-corrected chi connectivity index (χ4v) is 2.95. The third kappa shape index (κ3) is 3.94. The monoisotopic (exact) mass is 326 g/mol. The number of likely N-dealkylation sites (N-methyl/N-ethyl adjacent to an activating group) is 1. The van der Waals surface area contributed by atoms with Crippen LogP contribution in [0.5, 0.6) is 0 Å². The third-order valence-electron chi connectivity index (χ3n) is 4.25. The zero-order valence-electron chi connectivity index (χ0n) is 15.2. The first kappa shape index (κ1) is 18.0. The van der Waals surface area contributed by atoms with E-state index < -0.39 is 0 Å². The Kier molecular flexibility index (Phi) is 5.60. The van der Waals surface area contributed by atoms with Crippen molar-refractivity contribution in [1.29, 1.82) is 0 Å². The summed E-state index contributed by atoms with van der Waals surface area (Å²) in [6, 6.07) is 8.66. The highest BCUT2D eigenvalue weighted by Crippen LogP contribution is 2.21. The van der Waals surface area contributed by atoms with E-state index in [0.29, 0.717) is 23.7 Å². The molecule has 0 fully saturated rings. The fourth-order valence-electron chi connectivity index (χ4n) is 2.95. The average molecular weight is 326 g/mol. The van der Waals surface area contributed by atoms with Crippen molar-refractivity contribution in [2.45, 2.75) is 33.2 Å². The van der Waals surface area contributed by atoms with E-state index in [1.807, 2.05) is 12.1 Å². The van der Waals surface area contributed by atoms with Crippen molar-refractivity contribution in [3.05, 3.63) is 53.3 Å². The molecule has 4 heteroatoms. The SMILES string of the molecule is CCN(c1ccc(CC2=CC(=O)C(N(C)C)=CC2=O)cc1)C(C)C. The number of allylic oxidation sites excluding steroid dienone is 3. The first-order chi connectivity index (χ1) is 11.3. The first-order valence-electron chi connectivity index (χ1n) is 8.37. The van der Waals surface area contributed by atoms with Crippen LogP contribution in [0.3, 0.4) is 0 Å². The molecular formula is C20H26N2O2. The van der Waals surface area contributed by atoms with Crippen LogP contribution in [-0.4, -0.2) is 43.1 Å². The number of carbonyl (C=O) groups excluding carboxylic acids is 2. The molecule has 0 atom stereocenters. The lowest BCUT2D eigenvalue weighted by atomic mass is 9.94. The topological polar surface area (TPSA) is 40.6 Å². The highest BCUT2D eigenvalue weighted by atomic mass is 16.1. The Morgan fingerprint density at radius 3 is 2.08 bits per heavy atom. The summed E-state index contributed by atoms with van der Waals surface area (Å²) in [6.07, 6.45) is 3.39. The molecule has 0 heterocycles. The highest BCUT2D eigenvalue weighted by molar-refractivity contribution is 6.19. The van der Waals surface area contributed by atoms with Gasteiger partial charge < -0.3 is 9.80 Å². The van der Waals surface area contributed by atoms with Crippen LogP contribution in [0.2, 0.25) is 0 Å². The lowest BCUT2D eigenvalue weighted by Gasteiger charge is -2.27. The van der Waals surface area contributed by atoms with Gasteiger partial charge in [0, 0.05) is 50.4 Å².